The van der Waals surface area contributed by atoms with Crippen LogP contribution in [-0.2, 0) is 4.75 Å². The molecule has 0 aliphatic heterocycles. The normalized spacial score (nSPS) is 14.7. The Labute approximate surface area is 160 Å². The summed E-state index contributed by atoms with van der Waals surface area (Å²) in [5, 5.41) is 2.51. The summed E-state index contributed by atoms with van der Waals surface area (Å²) in [6.45, 7) is 2.27. The van der Waals surface area contributed by atoms with Crippen LogP contribution in [0.4, 0.5) is 0 Å². The largest absolute Gasteiger partial charge is 0.162 e. The predicted octanol–water partition coefficient (Wildman–Crippen LogP) is 6.82. The zero-order chi connectivity index (χ0) is 18.0. The molecule has 0 spiro atoms. The molecule has 4 aromatic carbocycles. The summed E-state index contributed by atoms with van der Waals surface area (Å²) in [6.07, 6.45) is 0. The summed E-state index contributed by atoms with van der Waals surface area (Å²) in [7, 11) is 0. The van der Waals surface area contributed by atoms with Gasteiger partial charge >= 0.3 is 0 Å². The Morgan fingerprint density at radius 1 is 0.654 bits per heavy atom. The van der Waals surface area contributed by atoms with E-state index in [9.17, 15) is 0 Å². The van der Waals surface area contributed by atoms with Gasteiger partial charge in [0, 0.05) is 5.92 Å². The van der Waals surface area contributed by atoms with Gasteiger partial charge in [-0.3, -0.25) is 0 Å². The molecule has 0 amide bonds. The van der Waals surface area contributed by atoms with Crippen LogP contribution < -0.4 is 0 Å². The Hall–Kier alpha value is -2.51. The molecule has 1 heteroatoms. The van der Waals surface area contributed by atoms with Gasteiger partial charge in [0.15, 0.2) is 0 Å². The highest BCUT2D eigenvalue weighted by Crippen LogP contribution is 2.49. The van der Waals surface area contributed by atoms with Crippen molar-refractivity contribution in [1.82, 2.24) is 0 Å². The van der Waals surface area contributed by atoms with E-state index in [2.05, 4.69) is 110 Å². The number of rotatable bonds is 4. The van der Waals surface area contributed by atoms with Crippen molar-refractivity contribution in [3.05, 3.63) is 120 Å². The van der Waals surface area contributed by atoms with Gasteiger partial charge in [-0.15, -0.1) is 0 Å². The van der Waals surface area contributed by atoms with Gasteiger partial charge in [-0.1, -0.05) is 110 Å². The van der Waals surface area contributed by atoms with Crippen molar-refractivity contribution >= 4 is 23.4 Å². The first-order chi connectivity index (χ1) is 12.7. The second kappa shape index (κ2) is 7.01. The lowest BCUT2D eigenvalue weighted by atomic mass is 9.75. The van der Waals surface area contributed by atoms with Gasteiger partial charge in [0.1, 0.15) is 0 Å². The van der Waals surface area contributed by atoms with Gasteiger partial charge < -0.3 is 0 Å². The Morgan fingerprint density at radius 2 is 1.23 bits per heavy atom. The highest BCUT2D eigenvalue weighted by Gasteiger charge is 2.38. The third kappa shape index (κ3) is 2.83. The average Bonchev–Trinajstić information content (AvgIpc) is 2.73. The average molecular weight is 355 g/mol. The molecule has 4 aromatic rings. The summed E-state index contributed by atoms with van der Waals surface area (Å²) in [4.78, 5) is 0. The SMILES string of the molecule is C[C@@H](c1ccccc1)[C@@](S)(c1ccccc1)c1cccc2ccccc12. The number of hydrogen-bond donors (Lipinski definition) is 1. The van der Waals surface area contributed by atoms with Crippen LogP contribution in [0.5, 0.6) is 0 Å². The molecule has 26 heavy (non-hydrogen) atoms. The van der Waals surface area contributed by atoms with Crippen LogP contribution in [0.25, 0.3) is 10.8 Å². The van der Waals surface area contributed by atoms with E-state index in [1.54, 1.807) is 0 Å². The molecule has 0 aliphatic rings. The van der Waals surface area contributed by atoms with Crippen LogP contribution >= 0.6 is 12.6 Å². The van der Waals surface area contributed by atoms with Crippen LogP contribution in [0.3, 0.4) is 0 Å². The Bertz CT molecular complexity index is 1000. The second-order valence-corrected chi connectivity index (χ2v) is 7.50. The smallest absolute Gasteiger partial charge is 0.0698 e. The Kier molecular flexibility index (Phi) is 4.57. The third-order valence-electron chi connectivity index (χ3n) is 5.34. The van der Waals surface area contributed by atoms with E-state index in [0.29, 0.717) is 0 Å². The van der Waals surface area contributed by atoms with Crippen molar-refractivity contribution in [2.75, 3.05) is 0 Å². The van der Waals surface area contributed by atoms with Crippen molar-refractivity contribution in [1.29, 1.82) is 0 Å². The fourth-order valence-corrected chi connectivity index (χ4v) is 4.36. The number of hydrogen-bond acceptors (Lipinski definition) is 1. The van der Waals surface area contributed by atoms with Crippen LogP contribution in [-0.4, -0.2) is 0 Å². The van der Waals surface area contributed by atoms with E-state index in [-0.39, 0.29) is 5.92 Å². The molecule has 0 aromatic heterocycles. The summed E-state index contributed by atoms with van der Waals surface area (Å²) < 4.78 is -0.427. The minimum Gasteiger partial charge on any atom is -0.162 e. The maximum absolute atomic E-state index is 5.38. The fraction of sp³-hybridized carbons (Fsp3) is 0.120. The molecular formula is C25H22S. The molecule has 0 bridgehead atoms. The number of thiol groups is 1. The highest BCUT2D eigenvalue weighted by atomic mass is 32.1. The predicted molar refractivity (Wildman–Crippen MR) is 115 cm³/mol. The Balaban J connectivity index is 2.00. The van der Waals surface area contributed by atoms with E-state index in [0.717, 1.165) is 0 Å². The molecule has 0 unspecified atom stereocenters. The lowest BCUT2D eigenvalue weighted by Crippen LogP contribution is -2.28. The topological polar surface area (TPSA) is 0 Å². The lowest BCUT2D eigenvalue weighted by molar-refractivity contribution is 0.612. The summed E-state index contributed by atoms with van der Waals surface area (Å²) in [5.74, 6) is 0.209. The van der Waals surface area contributed by atoms with Gasteiger partial charge in [-0.2, -0.15) is 12.6 Å². The quantitative estimate of drug-likeness (QED) is 0.382. The zero-order valence-corrected chi connectivity index (χ0v) is 15.7. The molecule has 0 N–H and O–H groups in total. The van der Waals surface area contributed by atoms with Crippen molar-refractivity contribution in [2.45, 2.75) is 17.6 Å². The van der Waals surface area contributed by atoms with Crippen molar-refractivity contribution in [3.8, 4) is 0 Å². The molecule has 4 rings (SSSR count). The highest BCUT2D eigenvalue weighted by molar-refractivity contribution is 7.81. The van der Waals surface area contributed by atoms with Gasteiger partial charge in [-0.05, 0) is 27.5 Å². The van der Waals surface area contributed by atoms with Crippen LogP contribution in [0.2, 0.25) is 0 Å². The minimum absolute atomic E-state index is 0.209. The molecule has 0 radical (unpaired) electrons. The van der Waals surface area contributed by atoms with E-state index in [4.69, 9.17) is 12.6 Å². The first-order valence-electron chi connectivity index (χ1n) is 9.02. The lowest BCUT2D eigenvalue weighted by Gasteiger charge is -2.37. The van der Waals surface area contributed by atoms with E-state index >= 15 is 0 Å². The minimum atomic E-state index is -0.427. The van der Waals surface area contributed by atoms with E-state index in [1.807, 2.05) is 0 Å². The number of benzene rings is 4. The summed E-state index contributed by atoms with van der Waals surface area (Å²) >= 11 is 5.38. The van der Waals surface area contributed by atoms with Crippen LogP contribution in [0, 0.1) is 0 Å². The molecule has 0 saturated heterocycles. The van der Waals surface area contributed by atoms with Gasteiger partial charge in [0.05, 0.1) is 4.75 Å². The van der Waals surface area contributed by atoms with Gasteiger partial charge in [0.2, 0.25) is 0 Å². The molecule has 128 valence electrons. The first-order valence-corrected chi connectivity index (χ1v) is 9.47. The molecule has 0 fully saturated rings. The first kappa shape index (κ1) is 16.9. The van der Waals surface area contributed by atoms with Crippen LogP contribution in [0.15, 0.2) is 103 Å². The van der Waals surface area contributed by atoms with Gasteiger partial charge in [0.25, 0.3) is 0 Å². The van der Waals surface area contributed by atoms with E-state index in [1.165, 1.54) is 27.5 Å². The monoisotopic (exact) mass is 354 g/mol. The Morgan fingerprint density at radius 3 is 1.96 bits per heavy atom. The van der Waals surface area contributed by atoms with E-state index < -0.39 is 4.75 Å². The maximum atomic E-state index is 5.38. The van der Waals surface area contributed by atoms with Crippen molar-refractivity contribution < 1.29 is 0 Å². The second-order valence-electron chi connectivity index (χ2n) is 6.79. The molecule has 0 saturated carbocycles. The van der Waals surface area contributed by atoms with Crippen LogP contribution in [0.1, 0.15) is 29.5 Å². The molecule has 0 heterocycles. The van der Waals surface area contributed by atoms with Crippen molar-refractivity contribution in [3.63, 3.8) is 0 Å². The molecular weight excluding hydrogens is 332 g/mol. The zero-order valence-electron chi connectivity index (χ0n) is 14.8. The van der Waals surface area contributed by atoms with Gasteiger partial charge in [-0.25, -0.2) is 0 Å². The number of fused-ring (bicyclic) bond motifs is 1. The van der Waals surface area contributed by atoms with Crippen molar-refractivity contribution in [2.24, 2.45) is 0 Å². The summed E-state index contributed by atoms with van der Waals surface area (Å²) in [5.41, 5.74) is 3.76. The molecule has 2 atom stereocenters. The summed E-state index contributed by atoms with van der Waals surface area (Å²) in [6, 6.07) is 36.4. The molecule has 0 nitrogen and oxygen atoms in total. The maximum Gasteiger partial charge on any atom is 0.0698 e. The fourth-order valence-electron chi connectivity index (χ4n) is 3.87. The third-order valence-corrected chi connectivity index (χ3v) is 6.23. The standard InChI is InChI=1S/C25H22S/c1-19(20-11-4-2-5-12-20)25(26,22-15-6-3-7-16-22)24-18-10-14-21-13-8-9-17-23(21)24/h2-19,26H,1H3/t19-,25+/m0/s1. The molecule has 0 aliphatic carbocycles.